The van der Waals surface area contributed by atoms with Crippen molar-refractivity contribution < 1.29 is 0 Å². The van der Waals surface area contributed by atoms with Crippen LogP contribution in [0.2, 0.25) is 0 Å². The molecule has 0 aliphatic carbocycles. The Morgan fingerprint density at radius 1 is 1.21 bits per heavy atom. The third-order valence-electron chi connectivity index (χ3n) is 3.68. The largest absolute Gasteiger partial charge is 0.357 e. The summed E-state index contributed by atoms with van der Waals surface area (Å²) in [5, 5.41) is 9.86. The van der Waals surface area contributed by atoms with Crippen molar-refractivity contribution in [2.75, 3.05) is 6.54 Å². The maximum absolute atomic E-state index is 4.68. The van der Waals surface area contributed by atoms with Gasteiger partial charge >= 0.3 is 0 Å². The number of nitrogens with zero attached hydrogens (tertiary/aromatic N) is 2. The monoisotopic (exact) mass is 458 g/mol. The molecule has 2 aromatic rings. The molecule has 0 amide bonds. The highest BCUT2D eigenvalue weighted by molar-refractivity contribution is 14.0. The first-order chi connectivity index (χ1) is 11.1. The topological polar surface area (TPSA) is 49.3 Å². The van der Waals surface area contributed by atoms with Gasteiger partial charge in [0, 0.05) is 23.5 Å². The lowest BCUT2D eigenvalue weighted by Crippen LogP contribution is -2.44. The summed E-state index contributed by atoms with van der Waals surface area (Å²) in [5.74, 6) is 1.41. The highest BCUT2D eigenvalue weighted by atomic mass is 127. The Labute approximate surface area is 166 Å². The zero-order valence-electron chi connectivity index (χ0n) is 14.7. The van der Waals surface area contributed by atoms with E-state index in [1.807, 2.05) is 18.2 Å². The second-order valence-electron chi connectivity index (χ2n) is 5.88. The molecule has 0 aliphatic heterocycles. The van der Waals surface area contributed by atoms with Crippen LogP contribution in [0.3, 0.4) is 0 Å². The highest BCUT2D eigenvalue weighted by Gasteiger charge is 2.09. The molecule has 1 aromatic heterocycles. The quantitative estimate of drug-likeness (QED) is 0.380. The fraction of sp³-hybridized carbons (Fsp3) is 0.444. The molecule has 1 heterocycles. The maximum atomic E-state index is 4.68. The van der Waals surface area contributed by atoms with Gasteiger partial charge in [-0.2, -0.15) is 0 Å². The molecule has 0 saturated heterocycles. The van der Waals surface area contributed by atoms with Crippen LogP contribution in [0.15, 0.2) is 40.7 Å². The van der Waals surface area contributed by atoms with Crippen LogP contribution in [0, 0.1) is 5.92 Å². The molecule has 1 aromatic carbocycles. The molecule has 2 rings (SSSR count). The van der Waals surface area contributed by atoms with E-state index in [0.717, 1.165) is 28.8 Å². The summed E-state index contributed by atoms with van der Waals surface area (Å²) in [5.41, 5.74) is 2.16. The van der Waals surface area contributed by atoms with Gasteiger partial charge in [-0.25, -0.2) is 9.98 Å². The molecule has 0 spiro atoms. The summed E-state index contributed by atoms with van der Waals surface area (Å²) in [4.78, 5) is 9.33. The lowest BCUT2D eigenvalue weighted by atomic mass is 10.1. The zero-order chi connectivity index (χ0) is 16.7. The van der Waals surface area contributed by atoms with E-state index in [0.29, 0.717) is 18.5 Å². The SMILES string of the molecule is CCNC(=NCc1csc(-c2ccccc2)n1)NC(C)C(C)C.I. The fourth-order valence-corrected chi connectivity index (χ4v) is 2.77. The second-order valence-corrected chi connectivity index (χ2v) is 6.74. The van der Waals surface area contributed by atoms with Gasteiger partial charge in [0.15, 0.2) is 5.96 Å². The van der Waals surface area contributed by atoms with E-state index in [1.54, 1.807) is 11.3 Å². The number of rotatable bonds is 6. The van der Waals surface area contributed by atoms with E-state index in [2.05, 4.69) is 65.8 Å². The number of hydrogen-bond donors (Lipinski definition) is 2. The molecule has 24 heavy (non-hydrogen) atoms. The van der Waals surface area contributed by atoms with Crippen molar-refractivity contribution in [2.24, 2.45) is 10.9 Å². The van der Waals surface area contributed by atoms with Crippen LogP contribution in [0.5, 0.6) is 0 Å². The number of aliphatic imine (C=N–C) groups is 1. The van der Waals surface area contributed by atoms with Crippen molar-refractivity contribution in [3.63, 3.8) is 0 Å². The van der Waals surface area contributed by atoms with Gasteiger partial charge in [0.1, 0.15) is 5.01 Å². The van der Waals surface area contributed by atoms with Crippen LogP contribution < -0.4 is 10.6 Å². The number of nitrogens with one attached hydrogen (secondary N) is 2. The average Bonchev–Trinajstić information content (AvgIpc) is 3.02. The van der Waals surface area contributed by atoms with Gasteiger partial charge in [0.05, 0.1) is 12.2 Å². The molecule has 2 N–H and O–H groups in total. The Hall–Kier alpha value is -1.15. The lowest BCUT2D eigenvalue weighted by Gasteiger charge is -2.20. The van der Waals surface area contributed by atoms with Gasteiger partial charge in [0.2, 0.25) is 0 Å². The fourth-order valence-electron chi connectivity index (χ4n) is 1.96. The molecule has 132 valence electrons. The first kappa shape index (κ1) is 20.9. The second kappa shape index (κ2) is 10.7. The molecule has 0 radical (unpaired) electrons. The van der Waals surface area contributed by atoms with Gasteiger partial charge < -0.3 is 10.6 Å². The van der Waals surface area contributed by atoms with Gasteiger partial charge in [-0.3, -0.25) is 0 Å². The molecule has 6 heteroatoms. The lowest BCUT2D eigenvalue weighted by molar-refractivity contribution is 0.481. The number of thiazole rings is 1. The molecular weight excluding hydrogens is 431 g/mol. The smallest absolute Gasteiger partial charge is 0.191 e. The number of aromatic nitrogens is 1. The molecule has 0 saturated carbocycles. The Kier molecular flexibility index (Phi) is 9.28. The van der Waals surface area contributed by atoms with Crippen LogP contribution in [-0.2, 0) is 6.54 Å². The summed E-state index contributed by atoms with van der Waals surface area (Å²) >= 11 is 1.67. The zero-order valence-corrected chi connectivity index (χ0v) is 17.9. The standard InChI is InChI=1S/C18H26N4S.HI/c1-5-19-18(21-14(4)13(2)3)20-11-16-12-23-17(22-16)15-9-7-6-8-10-15;/h6-10,12-14H,5,11H2,1-4H3,(H2,19,20,21);1H. The van der Waals surface area contributed by atoms with E-state index >= 15 is 0 Å². The van der Waals surface area contributed by atoms with Gasteiger partial charge in [-0.1, -0.05) is 44.2 Å². The third-order valence-corrected chi connectivity index (χ3v) is 4.62. The van der Waals surface area contributed by atoms with Crippen LogP contribution in [-0.4, -0.2) is 23.5 Å². The number of halogens is 1. The molecule has 0 bridgehead atoms. The maximum Gasteiger partial charge on any atom is 0.191 e. The van der Waals surface area contributed by atoms with E-state index in [9.17, 15) is 0 Å². The van der Waals surface area contributed by atoms with Crippen LogP contribution in [0.1, 0.15) is 33.4 Å². The minimum Gasteiger partial charge on any atom is -0.357 e. The molecule has 0 fully saturated rings. The predicted molar refractivity (Wildman–Crippen MR) is 115 cm³/mol. The molecule has 4 nitrogen and oxygen atoms in total. The Morgan fingerprint density at radius 2 is 1.92 bits per heavy atom. The van der Waals surface area contributed by atoms with Crippen LogP contribution in [0.25, 0.3) is 10.6 Å². The summed E-state index contributed by atoms with van der Waals surface area (Å²) in [6.45, 7) is 10.1. The minimum absolute atomic E-state index is 0. The van der Waals surface area contributed by atoms with E-state index in [1.165, 1.54) is 0 Å². The van der Waals surface area contributed by atoms with E-state index in [4.69, 9.17) is 0 Å². The van der Waals surface area contributed by atoms with Gasteiger partial charge in [-0.05, 0) is 19.8 Å². The van der Waals surface area contributed by atoms with E-state index in [-0.39, 0.29) is 24.0 Å². The number of guanidine groups is 1. The summed E-state index contributed by atoms with van der Waals surface area (Å²) < 4.78 is 0. The summed E-state index contributed by atoms with van der Waals surface area (Å²) in [7, 11) is 0. The average molecular weight is 458 g/mol. The number of benzene rings is 1. The number of hydrogen-bond acceptors (Lipinski definition) is 3. The third kappa shape index (κ3) is 6.39. The van der Waals surface area contributed by atoms with Crippen LogP contribution in [0.4, 0.5) is 0 Å². The molecular formula is C18H27IN4S. The highest BCUT2D eigenvalue weighted by Crippen LogP contribution is 2.23. The van der Waals surface area contributed by atoms with Crippen molar-refractivity contribution in [3.05, 3.63) is 41.4 Å². The summed E-state index contributed by atoms with van der Waals surface area (Å²) in [6, 6.07) is 10.6. The van der Waals surface area contributed by atoms with E-state index < -0.39 is 0 Å². The van der Waals surface area contributed by atoms with Crippen molar-refractivity contribution >= 4 is 41.3 Å². The molecule has 1 atom stereocenters. The van der Waals surface area contributed by atoms with Crippen molar-refractivity contribution in [1.82, 2.24) is 15.6 Å². The Balaban J connectivity index is 0.00000288. The Morgan fingerprint density at radius 3 is 2.54 bits per heavy atom. The molecule has 0 aliphatic rings. The predicted octanol–water partition coefficient (Wildman–Crippen LogP) is 4.53. The molecule has 1 unspecified atom stereocenters. The van der Waals surface area contributed by atoms with Crippen molar-refractivity contribution in [3.8, 4) is 10.6 Å². The minimum atomic E-state index is 0. The van der Waals surface area contributed by atoms with Gasteiger partial charge in [-0.15, -0.1) is 35.3 Å². The van der Waals surface area contributed by atoms with Crippen molar-refractivity contribution in [1.29, 1.82) is 0 Å². The first-order valence-corrected chi connectivity index (χ1v) is 9.02. The van der Waals surface area contributed by atoms with Gasteiger partial charge in [0.25, 0.3) is 0 Å². The normalized spacial score (nSPS) is 12.6. The summed E-state index contributed by atoms with van der Waals surface area (Å²) in [6.07, 6.45) is 0. The van der Waals surface area contributed by atoms with Crippen molar-refractivity contribution in [2.45, 2.75) is 40.3 Å². The van der Waals surface area contributed by atoms with Crippen LogP contribution >= 0.6 is 35.3 Å². The first-order valence-electron chi connectivity index (χ1n) is 8.14. The Bertz CT molecular complexity index is 625.